The lowest BCUT2D eigenvalue weighted by atomic mass is 10.1. The van der Waals surface area contributed by atoms with Gasteiger partial charge in [0, 0.05) is 28.5 Å². The van der Waals surface area contributed by atoms with Gasteiger partial charge in [0.1, 0.15) is 11.3 Å². The molecule has 0 saturated heterocycles. The van der Waals surface area contributed by atoms with Gasteiger partial charge in [-0.15, -0.1) is 0 Å². The molecule has 0 aliphatic carbocycles. The number of aromatic nitrogens is 3. The fourth-order valence-corrected chi connectivity index (χ4v) is 3.27. The zero-order chi connectivity index (χ0) is 19.0. The van der Waals surface area contributed by atoms with Crippen LogP contribution in [0.2, 0.25) is 5.02 Å². The van der Waals surface area contributed by atoms with Crippen molar-refractivity contribution < 1.29 is 9.50 Å². The Balaban J connectivity index is 1.86. The number of aliphatic hydroxyl groups excluding tert-OH is 1. The molecule has 4 rings (SSSR count). The van der Waals surface area contributed by atoms with E-state index >= 15 is 0 Å². The predicted octanol–water partition coefficient (Wildman–Crippen LogP) is 3.50. The van der Waals surface area contributed by atoms with Crippen molar-refractivity contribution in [1.29, 1.82) is 0 Å². The molecular weight excluding hydrogens is 369 g/mol. The van der Waals surface area contributed by atoms with E-state index in [1.165, 1.54) is 21.2 Å². The summed E-state index contributed by atoms with van der Waals surface area (Å²) in [7, 11) is 0. The monoisotopic (exact) mass is 383 g/mol. The molecule has 0 bridgehead atoms. The summed E-state index contributed by atoms with van der Waals surface area (Å²) in [5.74, 6) is -0.366. The lowest BCUT2D eigenvalue weighted by Crippen LogP contribution is -2.22. The van der Waals surface area contributed by atoms with Gasteiger partial charge in [-0.1, -0.05) is 29.8 Å². The third-order valence-electron chi connectivity index (χ3n) is 4.43. The summed E-state index contributed by atoms with van der Waals surface area (Å²) in [6.45, 7) is -0.0571. The summed E-state index contributed by atoms with van der Waals surface area (Å²) in [5.41, 5.74) is 2.29. The van der Waals surface area contributed by atoms with Gasteiger partial charge in [0.25, 0.3) is 5.56 Å². The number of hydrogen-bond donors (Lipinski definition) is 1. The van der Waals surface area contributed by atoms with Crippen LogP contribution < -0.4 is 5.56 Å². The number of hydrogen-bond acceptors (Lipinski definition) is 3. The molecule has 0 atom stereocenters. The van der Waals surface area contributed by atoms with E-state index in [0.29, 0.717) is 28.4 Å². The van der Waals surface area contributed by atoms with Crippen LogP contribution in [0.25, 0.3) is 16.8 Å². The van der Waals surface area contributed by atoms with E-state index in [4.69, 9.17) is 11.6 Å². The molecule has 2 aromatic carbocycles. The highest BCUT2D eigenvalue weighted by molar-refractivity contribution is 6.31. The van der Waals surface area contributed by atoms with Gasteiger partial charge in [-0.2, -0.15) is 5.10 Å². The van der Waals surface area contributed by atoms with Gasteiger partial charge in [0.05, 0.1) is 18.8 Å². The Morgan fingerprint density at radius 3 is 2.52 bits per heavy atom. The third-order valence-corrected chi connectivity index (χ3v) is 4.80. The molecule has 136 valence electrons. The largest absolute Gasteiger partial charge is 0.392 e. The van der Waals surface area contributed by atoms with Crippen molar-refractivity contribution >= 4 is 17.1 Å². The molecule has 0 saturated carbocycles. The lowest BCUT2D eigenvalue weighted by Gasteiger charge is -2.08. The van der Waals surface area contributed by atoms with Crippen LogP contribution in [0.5, 0.6) is 0 Å². The van der Waals surface area contributed by atoms with Gasteiger partial charge in [0.2, 0.25) is 0 Å². The van der Waals surface area contributed by atoms with E-state index < -0.39 is 0 Å². The van der Waals surface area contributed by atoms with Crippen LogP contribution in [0.4, 0.5) is 4.39 Å². The molecule has 0 aliphatic rings. The Kier molecular flexibility index (Phi) is 4.51. The normalized spacial score (nSPS) is 11.2. The van der Waals surface area contributed by atoms with Crippen molar-refractivity contribution in [1.82, 2.24) is 14.2 Å². The van der Waals surface area contributed by atoms with Gasteiger partial charge in [-0.25, -0.2) is 8.91 Å². The molecule has 0 unspecified atom stereocenters. The first-order chi connectivity index (χ1) is 13.1. The number of halogens is 2. The van der Waals surface area contributed by atoms with Crippen LogP contribution in [0, 0.1) is 5.82 Å². The van der Waals surface area contributed by atoms with Crippen molar-refractivity contribution in [2.75, 3.05) is 0 Å². The lowest BCUT2D eigenvalue weighted by molar-refractivity contribution is 0.283. The Bertz CT molecular complexity index is 1180. The van der Waals surface area contributed by atoms with Gasteiger partial charge in [-0.3, -0.25) is 4.79 Å². The van der Waals surface area contributed by atoms with E-state index in [1.54, 1.807) is 30.6 Å². The second kappa shape index (κ2) is 6.98. The van der Waals surface area contributed by atoms with Crippen molar-refractivity contribution in [2.45, 2.75) is 13.2 Å². The van der Waals surface area contributed by atoms with Crippen molar-refractivity contribution in [3.8, 4) is 11.3 Å². The minimum Gasteiger partial charge on any atom is -0.392 e. The summed E-state index contributed by atoms with van der Waals surface area (Å²) < 4.78 is 16.2. The Labute approximate surface area is 158 Å². The zero-order valence-electron chi connectivity index (χ0n) is 14.1. The maximum absolute atomic E-state index is 13.2. The van der Waals surface area contributed by atoms with Crippen LogP contribution in [-0.2, 0) is 13.2 Å². The second-order valence-electron chi connectivity index (χ2n) is 6.11. The molecule has 2 heterocycles. The Hall–Kier alpha value is -2.96. The van der Waals surface area contributed by atoms with Crippen LogP contribution in [-0.4, -0.2) is 19.3 Å². The smallest absolute Gasteiger partial charge is 0.277 e. The summed E-state index contributed by atoms with van der Waals surface area (Å²) in [6, 6.07) is 13.1. The third kappa shape index (κ3) is 3.13. The highest BCUT2D eigenvalue weighted by Crippen LogP contribution is 2.25. The van der Waals surface area contributed by atoms with Crippen molar-refractivity contribution in [3.05, 3.63) is 93.2 Å². The molecule has 0 spiro atoms. The van der Waals surface area contributed by atoms with Crippen molar-refractivity contribution in [3.63, 3.8) is 0 Å². The van der Waals surface area contributed by atoms with Gasteiger partial charge in [0.15, 0.2) is 0 Å². The summed E-state index contributed by atoms with van der Waals surface area (Å²) in [5, 5.41) is 14.9. The fourth-order valence-electron chi connectivity index (χ4n) is 3.07. The molecule has 1 N–H and O–H groups in total. The molecule has 0 aliphatic heterocycles. The van der Waals surface area contributed by atoms with Crippen LogP contribution in [0.15, 0.2) is 65.7 Å². The van der Waals surface area contributed by atoms with Gasteiger partial charge in [-0.05, 0) is 35.9 Å². The molecule has 5 nitrogen and oxygen atoms in total. The number of benzene rings is 2. The minimum atomic E-state index is -0.366. The first-order valence-corrected chi connectivity index (χ1v) is 8.67. The molecule has 27 heavy (non-hydrogen) atoms. The highest BCUT2D eigenvalue weighted by Gasteiger charge is 2.18. The number of nitrogens with zero attached hydrogens (tertiary/aromatic N) is 3. The zero-order valence-corrected chi connectivity index (χ0v) is 14.9. The Morgan fingerprint density at radius 2 is 1.81 bits per heavy atom. The maximum Gasteiger partial charge on any atom is 0.277 e. The number of rotatable bonds is 4. The quantitative estimate of drug-likeness (QED) is 0.586. The first-order valence-electron chi connectivity index (χ1n) is 8.29. The van der Waals surface area contributed by atoms with Crippen LogP contribution in [0.3, 0.4) is 0 Å². The predicted molar refractivity (Wildman–Crippen MR) is 101 cm³/mol. The van der Waals surface area contributed by atoms with E-state index in [2.05, 4.69) is 5.10 Å². The van der Waals surface area contributed by atoms with Gasteiger partial charge >= 0.3 is 0 Å². The highest BCUT2D eigenvalue weighted by atomic mass is 35.5. The molecule has 7 heteroatoms. The van der Waals surface area contributed by atoms with Crippen LogP contribution >= 0.6 is 11.6 Å². The molecule has 0 amide bonds. The average Bonchev–Trinajstić information content (AvgIpc) is 3.05. The van der Waals surface area contributed by atoms with Crippen molar-refractivity contribution in [2.24, 2.45) is 0 Å². The minimum absolute atomic E-state index is 0.284. The summed E-state index contributed by atoms with van der Waals surface area (Å²) in [4.78, 5) is 13.0. The summed E-state index contributed by atoms with van der Waals surface area (Å²) in [6.07, 6.45) is 3.28. The van der Waals surface area contributed by atoms with Crippen LogP contribution in [0.1, 0.15) is 11.1 Å². The molecular formula is C20H15ClFN3O2. The molecule has 0 fully saturated rings. The molecule has 2 aromatic heterocycles. The standard InChI is InChI=1S/C20H15ClFN3O2/c21-17-4-2-1-3-14(17)11-24-9-10-25-19(20(24)27)16(12-26)18(23-25)13-5-7-15(22)8-6-13/h1-10,26H,11-12H2. The SMILES string of the molecule is O=c1c2c(CO)c(-c3ccc(F)cc3)nn2ccn1Cc1ccccc1Cl. The van der Waals surface area contributed by atoms with Gasteiger partial charge < -0.3 is 9.67 Å². The van der Waals surface area contributed by atoms with E-state index in [-0.39, 0.29) is 23.5 Å². The maximum atomic E-state index is 13.2. The topological polar surface area (TPSA) is 59.5 Å². The molecule has 0 radical (unpaired) electrons. The number of fused-ring (bicyclic) bond motifs is 1. The van der Waals surface area contributed by atoms with E-state index in [9.17, 15) is 14.3 Å². The fraction of sp³-hybridized carbons (Fsp3) is 0.100. The summed E-state index contributed by atoms with van der Waals surface area (Å²) >= 11 is 6.20. The van der Waals surface area contributed by atoms with E-state index in [1.807, 2.05) is 18.2 Å². The van der Waals surface area contributed by atoms with E-state index in [0.717, 1.165) is 5.56 Å². The Morgan fingerprint density at radius 1 is 1.07 bits per heavy atom. The average molecular weight is 384 g/mol. The first kappa shape index (κ1) is 17.5. The second-order valence-corrected chi connectivity index (χ2v) is 6.52. The molecule has 4 aromatic rings. The number of aliphatic hydroxyl groups is 1.